The van der Waals surface area contributed by atoms with E-state index in [1.807, 2.05) is 19.1 Å². The number of rotatable bonds is 4. The van der Waals surface area contributed by atoms with E-state index >= 15 is 0 Å². The van der Waals surface area contributed by atoms with Crippen molar-refractivity contribution >= 4 is 5.97 Å². The standard InChI is InChI=1S/C12H14O3/c1-3-10(11(13)12(14)15)9-6-4-8(2)5-7-9/h3-7,10-11,13H,1H2,2H3,(H,14,15)/t10-,11+/m1/s1. The van der Waals surface area contributed by atoms with E-state index in [0.717, 1.165) is 11.1 Å². The summed E-state index contributed by atoms with van der Waals surface area (Å²) in [7, 11) is 0. The van der Waals surface area contributed by atoms with E-state index in [1.165, 1.54) is 6.08 Å². The molecule has 0 amide bonds. The lowest BCUT2D eigenvalue weighted by Gasteiger charge is -2.16. The second-order valence-electron chi connectivity index (χ2n) is 3.46. The Hall–Kier alpha value is -1.61. The number of hydrogen-bond acceptors (Lipinski definition) is 2. The van der Waals surface area contributed by atoms with E-state index < -0.39 is 18.0 Å². The zero-order chi connectivity index (χ0) is 11.4. The molecule has 2 atom stereocenters. The van der Waals surface area contributed by atoms with Gasteiger partial charge < -0.3 is 10.2 Å². The van der Waals surface area contributed by atoms with E-state index in [0.29, 0.717) is 0 Å². The summed E-state index contributed by atoms with van der Waals surface area (Å²) in [6.45, 7) is 5.48. The van der Waals surface area contributed by atoms with Gasteiger partial charge in [0.15, 0.2) is 6.10 Å². The molecular formula is C12H14O3. The molecule has 0 unspecified atom stereocenters. The van der Waals surface area contributed by atoms with Crippen LogP contribution in [0.25, 0.3) is 0 Å². The highest BCUT2D eigenvalue weighted by atomic mass is 16.4. The number of aliphatic carboxylic acids is 1. The fourth-order valence-electron chi connectivity index (χ4n) is 1.39. The smallest absolute Gasteiger partial charge is 0.333 e. The molecule has 0 spiro atoms. The van der Waals surface area contributed by atoms with Gasteiger partial charge in [-0.1, -0.05) is 35.9 Å². The first kappa shape index (κ1) is 11.5. The van der Waals surface area contributed by atoms with Gasteiger partial charge in [-0.2, -0.15) is 0 Å². The molecule has 0 aliphatic rings. The SMILES string of the molecule is C=C[C@H](c1ccc(C)cc1)[C@H](O)C(=O)O. The predicted molar refractivity (Wildman–Crippen MR) is 57.8 cm³/mol. The van der Waals surface area contributed by atoms with E-state index in [4.69, 9.17) is 5.11 Å². The van der Waals surface area contributed by atoms with Crippen LogP contribution >= 0.6 is 0 Å². The lowest BCUT2D eigenvalue weighted by molar-refractivity contribution is -0.147. The Morgan fingerprint density at radius 2 is 1.93 bits per heavy atom. The highest BCUT2D eigenvalue weighted by molar-refractivity contribution is 5.74. The minimum atomic E-state index is -1.44. The minimum absolute atomic E-state index is 0.567. The number of aryl methyl sites for hydroxylation is 1. The molecule has 0 bridgehead atoms. The molecule has 0 saturated carbocycles. The Morgan fingerprint density at radius 3 is 2.33 bits per heavy atom. The van der Waals surface area contributed by atoms with Crippen molar-refractivity contribution in [3.8, 4) is 0 Å². The third-order valence-electron chi connectivity index (χ3n) is 2.31. The van der Waals surface area contributed by atoms with Crippen molar-refractivity contribution in [1.29, 1.82) is 0 Å². The van der Waals surface area contributed by atoms with Crippen LogP contribution < -0.4 is 0 Å². The molecular weight excluding hydrogens is 192 g/mol. The molecule has 80 valence electrons. The van der Waals surface area contributed by atoms with Crippen LogP contribution in [0.1, 0.15) is 17.0 Å². The molecule has 1 aromatic carbocycles. The summed E-state index contributed by atoms with van der Waals surface area (Å²) >= 11 is 0. The number of benzene rings is 1. The molecule has 0 aliphatic carbocycles. The van der Waals surface area contributed by atoms with E-state index in [9.17, 15) is 9.90 Å². The summed E-state index contributed by atoms with van der Waals surface area (Å²) in [6.07, 6.45) is 0.00825. The van der Waals surface area contributed by atoms with Crippen LogP contribution in [-0.4, -0.2) is 22.3 Å². The number of carboxylic acids is 1. The van der Waals surface area contributed by atoms with Crippen LogP contribution in [0.4, 0.5) is 0 Å². The van der Waals surface area contributed by atoms with Gasteiger partial charge in [-0.05, 0) is 12.5 Å². The monoisotopic (exact) mass is 206 g/mol. The maximum atomic E-state index is 10.6. The first-order valence-corrected chi connectivity index (χ1v) is 4.66. The zero-order valence-corrected chi connectivity index (χ0v) is 8.55. The van der Waals surface area contributed by atoms with Crippen molar-refractivity contribution in [3.05, 3.63) is 48.0 Å². The summed E-state index contributed by atoms with van der Waals surface area (Å²) in [5.41, 5.74) is 1.84. The maximum absolute atomic E-state index is 10.6. The molecule has 0 fully saturated rings. The molecule has 15 heavy (non-hydrogen) atoms. The van der Waals surface area contributed by atoms with E-state index in [-0.39, 0.29) is 0 Å². The van der Waals surface area contributed by atoms with Crippen LogP contribution in [0.3, 0.4) is 0 Å². The number of aliphatic hydroxyl groups is 1. The van der Waals surface area contributed by atoms with Gasteiger partial charge in [0.2, 0.25) is 0 Å². The third-order valence-corrected chi connectivity index (χ3v) is 2.31. The van der Waals surface area contributed by atoms with Crippen LogP contribution in [0.5, 0.6) is 0 Å². The highest BCUT2D eigenvalue weighted by Crippen LogP contribution is 2.21. The number of hydrogen-bond donors (Lipinski definition) is 2. The average molecular weight is 206 g/mol. The Labute approximate surface area is 88.7 Å². The normalized spacial score (nSPS) is 14.3. The molecule has 3 heteroatoms. The van der Waals surface area contributed by atoms with Gasteiger partial charge in [0.1, 0.15) is 0 Å². The number of carboxylic acid groups (broad SMARTS) is 1. The Kier molecular flexibility index (Phi) is 3.63. The largest absolute Gasteiger partial charge is 0.479 e. The minimum Gasteiger partial charge on any atom is -0.479 e. The summed E-state index contributed by atoms with van der Waals surface area (Å²) < 4.78 is 0. The van der Waals surface area contributed by atoms with Crippen molar-refractivity contribution in [2.45, 2.75) is 18.9 Å². The highest BCUT2D eigenvalue weighted by Gasteiger charge is 2.24. The van der Waals surface area contributed by atoms with Crippen LogP contribution in [0.15, 0.2) is 36.9 Å². The van der Waals surface area contributed by atoms with Gasteiger partial charge in [0, 0.05) is 5.92 Å². The Morgan fingerprint density at radius 1 is 1.40 bits per heavy atom. The van der Waals surface area contributed by atoms with Gasteiger partial charge >= 0.3 is 5.97 Å². The Balaban J connectivity index is 2.97. The molecule has 3 nitrogen and oxygen atoms in total. The lowest BCUT2D eigenvalue weighted by atomic mass is 9.93. The fourth-order valence-corrected chi connectivity index (χ4v) is 1.39. The summed E-state index contributed by atoms with van der Waals surface area (Å²) in [6, 6.07) is 7.35. The fraction of sp³-hybridized carbons (Fsp3) is 0.250. The van der Waals surface area contributed by atoms with Crippen molar-refractivity contribution in [3.63, 3.8) is 0 Å². The zero-order valence-electron chi connectivity index (χ0n) is 8.55. The van der Waals surface area contributed by atoms with Crippen LogP contribution in [0.2, 0.25) is 0 Å². The molecule has 0 aliphatic heterocycles. The first-order chi connectivity index (χ1) is 7.06. The van der Waals surface area contributed by atoms with Gasteiger partial charge in [0.05, 0.1) is 0 Å². The van der Waals surface area contributed by atoms with Crippen molar-refractivity contribution in [2.75, 3.05) is 0 Å². The summed E-state index contributed by atoms with van der Waals surface area (Å²) in [5.74, 6) is -1.80. The number of carbonyl (C=O) groups is 1. The van der Waals surface area contributed by atoms with Gasteiger partial charge in [-0.3, -0.25) is 0 Å². The summed E-state index contributed by atoms with van der Waals surface area (Å²) in [4.78, 5) is 10.6. The van der Waals surface area contributed by atoms with E-state index in [2.05, 4.69) is 6.58 Å². The maximum Gasteiger partial charge on any atom is 0.333 e. The summed E-state index contributed by atoms with van der Waals surface area (Å²) in [5, 5.41) is 18.1. The predicted octanol–water partition coefficient (Wildman–Crippen LogP) is 1.71. The molecule has 0 heterocycles. The quantitative estimate of drug-likeness (QED) is 0.737. The van der Waals surface area contributed by atoms with Gasteiger partial charge in [-0.15, -0.1) is 6.58 Å². The topological polar surface area (TPSA) is 57.5 Å². The first-order valence-electron chi connectivity index (χ1n) is 4.66. The third kappa shape index (κ3) is 2.67. The molecule has 0 aromatic heterocycles. The molecule has 2 N–H and O–H groups in total. The molecule has 0 radical (unpaired) electrons. The lowest BCUT2D eigenvalue weighted by Crippen LogP contribution is -2.26. The number of aliphatic hydroxyl groups excluding tert-OH is 1. The van der Waals surface area contributed by atoms with Crippen molar-refractivity contribution in [1.82, 2.24) is 0 Å². The molecule has 1 rings (SSSR count). The van der Waals surface area contributed by atoms with Crippen molar-refractivity contribution < 1.29 is 15.0 Å². The molecule has 0 saturated heterocycles. The average Bonchev–Trinajstić information content (AvgIpc) is 2.21. The van der Waals surface area contributed by atoms with Gasteiger partial charge in [0.25, 0.3) is 0 Å². The van der Waals surface area contributed by atoms with Gasteiger partial charge in [-0.25, -0.2) is 4.79 Å². The van der Waals surface area contributed by atoms with Crippen LogP contribution in [-0.2, 0) is 4.79 Å². The van der Waals surface area contributed by atoms with E-state index in [1.54, 1.807) is 12.1 Å². The Bertz CT molecular complexity index is 354. The van der Waals surface area contributed by atoms with Crippen LogP contribution in [0, 0.1) is 6.92 Å². The van der Waals surface area contributed by atoms with Crippen molar-refractivity contribution in [2.24, 2.45) is 0 Å². The second kappa shape index (κ2) is 4.75. The second-order valence-corrected chi connectivity index (χ2v) is 3.46. The molecule has 1 aromatic rings.